The predicted molar refractivity (Wildman–Crippen MR) is 109 cm³/mol. The van der Waals surface area contributed by atoms with Crippen molar-refractivity contribution in [3.05, 3.63) is 88.9 Å². The molecular formula is C23H24N2O3. The molecule has 1 aromatic heterocycles. The van der Waals surface area contributed by atoms with Crippen molar-refractivity contribution in [2.75, 3.05) is 5.32 Å². The normalized spacial score (nSPS) is 10.5. The molecule has 0 bridgehead atoms. The standard InChI is InChI=1S/C23H24N2O3/c1-3-16-8-5-9-17(4-2)21(16)25-23(27)19-11-6-10-18(14-19)22(26)24-15-20-12-7-13-28-20/h5-14H,3-4,15H2,1-2H3,(H,24,26)(H,25,27). The number of aryl methyl sites for hydroxylation is 2. The van der Waals surface area contributed by atoms with E-state index in [2.05, 4.69) is 24.5 Å². The van der Waals surface area contributed by atoms with Gasteiger partial charge in [-0.05, 0) is 54.3 Å². The van der Waals surface area contributed by atoms with Crippen LogP contribution in [-0.4, -0.2) is 11.8 Å². The average Bonchev–Trinajstić information content (AvgIpc) is 3.25. The first-order valence-corrected chi connectivity index (χ1v) is 9.45. The third-order valence-corrected chi connectivity index (χ3v) is 4.63. The zero-order chi connectivity index (χ0) is 19.9. The quantitative estimate of drug-likeness (QED) is 0.634. The highest BCUT2D eigenvalue weighted by Crippen LogP contribution is 2.23. The molecule has 3 rings (SSSR count). The van der Waals surface area contributed by atoms with Crippen LogP contribution in [0.1, 0.15) is 51.5 Å². The molecule has 0 unspecified atom stereocenters. The number of amides is 2. The van der Waals surface area contributed by atoms with Gasteiger partial charge in [-0.3, -0.25) is 9.59 Å². The maximum atomic E-state index is 12.8. The van der Waals surface area contributed by atoms with Gasteiger partial charge >= 0.3 is 0 Å². The Bertz CT molecular complexity index is 939. The van der Waals surface area contributed by atoms with Gasteiger partial charge in [0.15, 0.2) is 0 Å². The lowest BCUT2D eigenvalue weighted by Gasteiger charge is -2.14. The predicted octanol–water partition coefficient (Wildman–Crippen LogP) is 4.59. The summed E-state index contributed by atoms with van der Waals surface area (Å²) in [5.74, 6) is 0.191. The number of rotatable bonds is 7. The maximum absolute atomic E-state index is 12.8. The molecule has 0 fully saturated rings. The van der Waals surface area contributed by atoms with Crippen molar-refractivity contribution in [3.63, 3.8) is 0 Å². The monoisotopic (exact) mass is 376 g/mol. The summed E-state index contributed by atoms with van der Waals surface area (Å²) >= 11 is 0. The van der Waals surface area contributed by atoms with E-state index >= 15 is 0 Å². The molecule has 3 aromatic rings. The van der Waals surface area contributed by atoms with E-state index in [0.717, 1.165) is 29.7 Å². The molecule has 1 heterocycles. The van der Waals surface area contributed by atoms with Gasteiger partial charge in [0.1, 0.15) is 5.76 Å². The van der Waals surface area contributed by atoms with E-state index in [9.17, 15) is 9.59 Å². The van der Waals surface area contributed by atoms with Crippen LogP contribution in [0, 0.1) is 0 Å². The average molecular weight is 376 g/mol. The van der Waals surface area contributed by atoms with Crippen LogP contribution in [0.3, 0.4) is 0 Å². The summed E-state index contributed by atoms with van der Waals surface area (Å²) in [5, 5.41) is 5.82. The Balaban J connectivity index is 1.75. The molecule has 0 aliphatic rings. The van der Waals surface area contributed by atoms with Gasteiger partial charge in [0.2, 0.25) is 0 Å². The van der Waals surface area contributed by atoms with E-state index in [1.165, 1.54) is 0 Å². The van der Waals surface area contributed by atoms with Gasteiger partial charge in [-0.2, -0.15) is 0 Å². The molecule has 0 aliphatic heterocycles. The second-order valence-corrected chi connectivity index (χ2v) is 6.46. The summed E-state index contributed by atoms with van der Waals surface area (Å²) < 4.78 is 5.21. The molecule has 2 amide bonds. The molecule has 0 radical (unpaired) electrons. The Labute approximate surface area is 164 Å². The summed E-state index contributed by atoms with van der Waals surface area (Å²) in [7, 11) is 0. The molecule has 144 valence electrons. The number of hydrogen-bond acceptors (Lipinski definition) is 3. The molecule has 5 nitrogen and oxygen atoms in total. The minimum Gasteiger partial charge on any atom is -0.467 e. The van der Waals surface area contributed by atoms with Crippen LogP contribution in [0.5, 0.6) is 0 Å². The maximum Gasteiger partial charge on any atom is 0.255 e. The van der Waals surface area contributed by atoms with E-state index in [1.54, 1.807) is 42.7 Å². The Hall–Kier alpha value is -3.34. The van der Waals surface area contributed by atoms with E-state index in [1.807, 2.05) is 18.2 Å². The van der Waals surface area contributed by atoms with Gasteiger partial charge in [-0.1, -0.05) is 38.1 Å². The van der Waals surface area contributed by atoms with Crippen molar-refractivity contribution in [1.82, 2.24) is 5.32 Å². The van der Waals surface area contributed by atoms with E-state index in [0.29, 0.717) is 23.4 Å². The first kappa shape index (κ1) is 19.4. The van der Waals surface area contributed by atoms with E-state index in [4.69, 9.17) is 4.42 Å². The van der Waals surface area contributed by atoms with Crippen LogP contribution >= 0.6 is 0 Å². The van der Waals surface area contributed by atoms with Gasteiger partial charge in [0.05, 0.1) is 12.8 Å². The highest BCUT2D eigenvalue weighted by atomic mass is 16.3. The highest BCUT2D eigenvalue weighted by molar-refractivity contribution is 6.06. The number of anilines is 1. The van der Waals surface area contributed by atoms with Gasteiger partial charge in [-0.25, -0.2) is 0 Å². The van der Waals surface area contributed by atoms with Crippen LogP contribution in [0.2, 0.25) is 0 Å². The molecule has 5 heteroatoms. The number of para-hydroxylation sites is 1. The van der Waals surface area contributed by atoms with E-state index < -0.39 is 0 Å². The van der Waals surface area contributed by atoms with Crippen molar-refractivity contribution < 1.29 is 14.0 Å². The fourth-order valence-electron chi connectivity index (χ4n) is 3.07. The minimum atomic E-state index is -0.255. The molecule has 0 atom stereocenters. The SMILES string of the molecule is CCc1cccc(CC)c1NC(=O)c1cccc(C(=O)NCc2ccco2)c1. The summed E-state index contributed by atoms with van der Waals surface area (Å²) in [5.41, 5.74) is 3.93. The highest BCUT2D eigenvalue weighted by Gasteiger charge is 2.14. The Morgan fingerprint density at radius 3 is 2.11 bits per heavy atom. The van der Waals surface area contributed by atoms with Gasteiger partial charge < -0.3 is 15.1 Å². The Morgan fingerprint density at radius 1 is 0.857 bits per heavy atom. The lowest BCUT2D eigenvalue weighted by Crippen LogP contribution is -2.23. The summed E-state index contributed by atoms with van der Waals surface area (Å²) in [6.45, 7) is 4.43. The van der Waals surface area contributed by atoms with E-state index in [-0.39, 0.29) is 11.8 Å². The number of hydrogen-bond donors (Lipinski definition) is 2. The fourth-order valence-corrected chi connectivity index (χ4v) is 3.07. The number of benzene rings is 2. The minimum absolute atomic E-state index is 0.226. The van der Waals surface area contributed by atoms with Crippen LogP contribution in [0.25, 0.3) is 0 Å². The van der Waals surface area contributed by atoms with Crippen LogP contribution in [0.15, 0.2) is 65.3 Å². The molecule has 0 spiro atoms. The summed E-state index contributed by atoms with van der Waals surface area (Å²) in [4.78, 5) is 25.2. The lowest BCUT2D eigenvalue weighted by atomic mass is 10.0. The summed E-state index contributed by atoms with van der Waals surface area (Å²) in [6, 6.07) is 16.3. The van der Waals surface area contributed by atoms with Crippen LogP contribution in [-0.2, 0) is 19.4 Å². The van der Waals surface area contributed by atoms with Gasteiger partial charge in [-0.15, -0.1) is 0 Å². The molecule has 0 saturated carbocycles. The number of carbonyl (C=O) groups is 2. The lowest BCUT2D eigenvalue weighted by molar-refractivity contribution is 0.0948. The third kappa shape index (κ3) is 4.49. The fraction of sp³-hybridized carbons (Fsp3) is 0.217. The summed E-state index contributed by atoms with van der Waals surface area (Å²) in [6.07, 6.45) is 3.22. The van der Waals surface area contributed by atoms with Crippen molar-refractivity contribution in [2.24, 2.45) is 0 Å². The zero-order valence-electron chi connectivity index (χ0n) is 16.1. The number of carbonyl (C=O) groups excluding carboxylic acids is 2. The molecule has 28 heavy (non-hydrogen) atoms. The molecule has 2 aromatic carbocycles. The Kier molecular flexibility index (Phi) is 6.27. The van der Waals surface area contributed by atoms with Crippen LogP contribution < -0.4 is 10.6 Å². The van der Waals surface area contributed by atoms with Gasteiger partial charge in [0.25, 0.3) is 11.8 Å². The topological polar surface area (TPSA) is 71.3 Å². The second kappa shape index (κ2) is 9.04. The molecular weight excluding hydrogens is 352 g/mol. The zero-order valence-corrected chi connectivity index (χ0v) is 16.1. The first-order valence-electron chi connectivity index (χ1n) is 9.45. The molecule has 0 saturated heterocycles. The number of nitrogens with one attached hydrogen (secondary N) is 2. The van der Waals surface area contributed by atoms with Crippen molar-refractivity contribution in [1.29, 1.82) is 0 Å². The number of furan rings is 1. The van der Waals surface area contributed by atoms with Crippen molar-refractivity contribution in [3.8, 4) is 0 Å². The first-order chi connectivity index (χ1) is 13.6. The largest absolute Gasteiger partial charge is 0.467 e. The van der Waals surface area contributed by atoms with Gasteiger partial charge in [0, 0.05) is 16.8 Å². The van der Waals surface area contributed by atoms with Crippen molar-refractivity contribution >= 4 is 17.5 Å². The molecule has 2 N–H and O–H groups in total. The molecule has 0 aliphatic carbocycles. The van der Waals surface area contributed by atoms with Crippen molar-refractivity contribution in [2.45, 2.75) is 33.2 Å². The van der Waals surface area contributed by atoms with Crippen LogP contribution in [0.4, 0.5) is 5.69 Å². The smallest absolute Gasteiger partial charge is 0.255 e. The Morgan fingerprint density at radius 2 is 1.50 bits per heavy atom. The third-order valence-electron chi connectivity index (χ3n) is 4.63. The second-order valence-electron chi connectivity index (χ2n) is 6.46.